The fourth-order valence-corrected chi connectivity index (χ4v) is 3.48. The summed E-state index contributed by atoms with van der Waals surface area (Å²) in [7, 11) is 0. The highest BCUT2D eigenvalue weighted by atomic mass is 16.4. The highest BCUT2D eigenvalue weighted by molar-refractivity contribution is 5.66. The Kier molecular flexibility index (Phi) is 4.57. The van der Waals surface area contributed by atoms with E-state index in [0.717, 1.165) is 55.4 Å². The first-order valence-corrected chi connectivity index (χ1v) is 8.73. The predicted molar refractivity (Wildman–Crippen MR) is 93.4 cm³/mol. The first kappa shape index (κ1) is 16.6. The first-order valence-electron chi connectivity index (χ1n) is 8.73. The van der Waals surface area contributed by atoms with Crippen LogP contribution in [-0.4, -0.2) is 49.0 Å². The minimum Gasteiger partial charge on any atom is -0.480 e. The highest BCUT2D eigenvalue weighted by Gasteiger charge is 2.24. The summed E-state index contributed by atoms with van der Waals surface area (Å²) in [4.78, 5) is 13.2. The number of carboxylic acid groups (broad SMARTS) is 1. The Morgan fingerprint density at radius 2 is 2.27 bits per heavy atom. The molecule has 4 heterocycles. The van der Waals surface area contributed by atoms with Crippen molar-refractivity contribution in [3.05, 3.63) is 48.1 Å². The molecule has 136 valence electrons. The van der Waals surface area contributed by atoms with Gasteiger partial charge in [-0.3, -0.25) is 19.5 Å². The minimum absolute atomic E-state index is 0.0980. The van der Waals surface area contributed by atoms with Crippen LogP contribution in [-0.2, 0) is 17.9 Å². The summed E-state index contributed by atoms with van der Waals surface area (Å²) in [6.45, 7) is 2.57. The third-order valence-electron chi connectivity index (χ3n) is 4.69. The Hall–Kier alpha value is -2.87. The van der Waals surface area contributed by atoms with Crippen LogP contribution >= 0.6 is 0 Å². The Balaban J connectivity index is 1.39. The van der Waals surface area contributed by atoms with Gasteiger partial charge in [-0.15, -0.1) is 0 Å². The number of carbonyl (C=O) groups is 1. The third-order valence-corrected chi connectivity index (χ3v) is 4.69. The lowest BCUT2D eigenvalue weighted by Crippen LogP contribution is -2.34. The van der Waals surface area contributed by atoms with Gasteiger partial charge in [0.15, 0.2) is 5.76 Å². The molecule has 0 spiro atoms. The Labute approximate surface area is 150 Å². The number of nitrogens with zero attached hydrogens (tertiary/aromatic N) is 4. The van der Waals surface area contributed by atoms with Crippen molar-refractivity contribution in [1.29, 1.82) is 0 Å². The molecular weight excluding hydrogens is 334 g/mol. The van der Waals surface area contributed by atoms with E-state index in [-0.39, 0.29) is 6.54 Å². The standard InChI is InChI=1S/C18H21N5O3/c24-18(25)12-23-9-6-15(21-23)13-2-1-8-22(10-13)11-14-3-4-17(26-14)16-5-7-19-20-16/h3-7,9,13H,1-2,8,10-12H2,(H,19,20)(H,24,25)/t13-/m0/s1. The fraction of sp³-hybridized carbons (Fsp3) is 0.389. The summed E-state index contributed by atoms with van der Waals surface area (Å²) < 4.78 is 7.41. The van der Waals surface area contributed by atoms with Crippen LogP contribution in [0.3, 0.4) is 0 Å². The zero-order valence-electron chi connectivity index (χ0n) is 14.3. The molecule has 2 N–H and O–H groups in total. The molecule has 4 rings (SSSR count). The molecule has 1 saturated heterocycles. The molecule has 8 heteroatoms. The van der Waals surface area contributed by atoms with Crippen molar-refractivity contribution in [2.75, 3.05) is 13.1 Å². The molecule has 1 atom stereocenters. The van der Waals surface area contributed by atoms with E-state index in [4.69, 9.17) is 9.52 Å². The van der Waals surface area contributed by atoms with Gasteiger partial charge in [0, 0.05) is 24.9 Å². The van der Waals surface area contributed by atoms with Crippen molar-refractivity contribution >= 4 is 5.97 Å². The van der Waals surface area contributed by atoms with Crippen molar-refractivity contribution in [2.45, 2.75) is 31.8 Å². The highest BCUT2D eigenvalue weighted by Crippen LogP contribution is 2.27. The van der Waals surface area contributed by atoms with E-state index in [1.54, 1.807) is 12.4 Å². The quantitative estimate of drug-likeness (QED) is 0.704. The van der Waals surface area contributed by atoms with Gasteiger partial charge in [0.1, 0.15) is 18.0 Å². The van der Waals surface area contributed by atoms with Gasteiger partial charge in [-0.05, 0) is 43.7 Å². The van der Waals surface area contributed by atoms with Crippen LogP contribution in [0.4, 0.5) is 0 Å². The molecule has 3 aromatic rings. The van der Waals surface area contributed by atoms with E-state index in [0.29, 0.717) is 5.92 Å². The molecule has 1 fully saturated rings. The number of furan rings is 1. The number of hydrogen-bond donors (Lipinski definition) is 2. The van der Waals surface area contributed by atoms with Crippen LogP contribution in [0.5, 0.6) is 0 Å². The van der Waals surface area contributed by atoms with Crippen molar-refractivity contribution in [3.8, 4) is 11.5 Å². The van der Waals surface area contributed by atoms with Gasteiger partial charge in [0.25, 0.3) is 0 Å². The normalized spacial score (nSPS) is 18.2. The Bertz CT molecular complexity index is 867. The number of hydrogen-bond acceptors (Lipinski definition) is 5. The van der Waals surface area contributed by atoms with Crippen LogP contribution in [0.2, 0.25) is 0 Å². The van der Waals surface area contributed by atoms with E-state index < -0.39 is 5.97 Å². The van der Waals surface area contributed by atoms with Gasteiger partial charge >= 0.3 is 5.97 Å². The predicted octanol–water partition coefficient (Wildman–Crippen LogP) is 2.33. The average molecular weight is 355 g/mol. The van der Waals surface area contributed by atoms with Gasteiger partial charge in [0.2, 0.25) is 0 Å². The SMILES string of the molecule is O=C(O)Cn1ccc([C@H]2CCCN(Cc3ccc(-c4ccn[nH]4)o3)C2)n1. The molecule has 0 saturated carbocycles. The number of carboxylic acids is 1. The monoisotopic (exact) mass is 355 g/mol. The van der Waals surface area contributed by atoms with E-state index in [2.05, 4.69) is 20.2 Å². The van der Waals surface area contributed by atoms with Gasteiger partial charge in [-0.25, -0.2) is 0 Å². The van der Waals surface area contributed by atoms with Crippen molar-refractivity contribution in [3.63, 3.8) is 0 Å². The topological polar surface area (TPSA) is 100 Å². The summed E-state index contributed by atoms with van der Waals surface area (Å²) in [6.07, 6.45) is 5.60. The molecule has 8 nitrogen and oxygen atoms in total. The number of piperidine rings is 1. The van der Waals surface area contributed by atoms with Crippen molar-refractivity contribution in [1.82, 2.24) is 24.9 Å². The maximum Gasteiger partial charge on any atom is 0.325 e. The van der Waals surface area contributed by atoms with Crippen LogP contribution in [0, 0.1) is 0 Å². The molecule has 0 bridgehead atoms. The first-order chi connectivity index (χ1) is 12.7. The van der Waals surface area contributed by atoms with Crippen molar-refractivity contribution < 1.29 is 14.3 Å². The van der Waals surface area contributed by atoms with Gasteiger partial charge in [0.05, 0.1) is 12.2 Å². The molecule has 1 aliphatic heterocycles. The maximum absolute atomic E-state index is 10.8. The maximum atomic E-state index is 10.8. The molecule has 0 radical (unpaired) electrons. The zero-order chi connectivity index (χ0) is 17.9. The summed E-state index contributed by atoms with van der Waals surface area (Å²) in [5, 5.41) is 20.2. The van der Waals surface area contributed by atoms with E-state index in [1.165, 1.54) is 4.68 Å². The number of H-pyrrole nitrogens is 1. The molecule has 26 heavy (non-hydrogen) atoms. The number of nitrogens with one attached hydrogen (secondary N) is 1. The van der Waals surface area contributed by atoms with Crippen LogP contribution < -0.4 is 0 Å². The summed E-state index contributed by atoms with van der Waals surface area (Å²) in [5.74, 6) is 1.15. The van der Waals surface area contributed by atoms with Crippen molar-refractivity contribution in [2.24, 2.45) is 0 Å². The summed E-state index contributed by atoms with van der Waals surface area (Å²) in [6, 6.07) is 7.77. The van der Waals surface area contributed by atoms with E-state index >= 15 is 0 Å². The molecule has 0 aromatic carbocycles. The Morgan fingerprint density at radius 1 is 1.35 bits per heavy atom. The van der Waals surface area contributed by atoms with Crippen LogP contribution in [0.15, 0.2) is 41.1 Å². The van der Waals surface area contributed by atoms with Crippen LogP contribution in [0.25, 0.3) is 11.5 Å². The second-order valence-corrected chi connectivity index (χ2v) is 6.64. The van der Waals surface area contributed by atoms with Gasteiger partial charge in [-0.1, -0.05) is 0 Å². The van der Waals surface area contributed by atoms with E-state index in [9.17, 15) is 4.79 Å². The number of rotatable bonds is 6. The molecule has 0 amide bonds. The minimum atomic E-state index is -0.879. The second-order valence-electron chi connectivity index (χ2n) is 6.64. The smallest absolute Gasteiger partial charge is 0.325 e. The number of aliphatic carboxylic acids is 1. The molecule has 1 aliphatic rings. The molecule has 0 unspecified atom stereocenters. The van der Waals surface area contributed by atoms with E-state index in [1.807, 2.05) is 24.3 Å². The second kappa shape index (κ2) is 7.17. The molecule has 0 aliphatic carbocycles. The van der Waals surface area contributed by atoms with Gasteiger partial charge < -0.3 is 9.52 Å². The summed E-state index contributed by atoms with van der Waals surface area (Å²) in [5.41, 5.74) is 1.84. The summed E-state index contributed by atoms with van der Waals surface area (Å²) >= 11 is 0. The lowest BCUT2D eigenvalue weighted by atomic mass is 9.95. The third kappa shape index (κ3) is 3.70. The zero-order valence-corrected chi connectivity index (χ0v) is 14.3. The fourth-order valence-electron chi connectivity index (χ4n) is 3.48. The molecule has 3 aromatic heterocycles. The number of aromatic nitrogens is 4. The lowest BCUT2D eigenvalue weighted by Gasteiger charge is -2.31. The lowest BCUT2D eigenvalue weighted by molar-refractivity contribution is -0.137. The average Bonchev–Trinajstić information content (AvgIpc) is 3.36. The number of likely N-dealkylation sites (tertiary alicyclic amines) is 1. The van der Waals surface area contributed by atoms with Gasteiger partial charge in [-0.2, -0.15) is 10.2 Å². The number of aromatic amines is 1. The molecular formula is C18H21N5O3. The Morgan fingerprint density at radius 3 is 3.08 bits per heavy atom. The largest absolute Gasteiger partial charge is 0.480 e. The van der Waals surface area contributed by atoms with Crippen LogP contribution in [0.1, 0.15) is 30.2 Å².